The van der Waals surface area contributed by atoms with Gasteiger partial charge in [0, 0.05) is 11.3 Å². The van der Waals surface area contributed by atoms with E-state index < -0.39 is 0 Å². The van der Waals surface area contributed by atoms with Gasteiger partial charge in [-0.3, -0.25) is 4.79 Å². The summed E-state index contributed by atoms with van der Waals surface area (Å²) < 4.78 is 0. The molecule has 0 heterocycles. The molecule has 1 saturated carbocycles. The van der Waals surface area contributed by atoms with Crippen molar-refractivity contribution in [1.82, 2.24) is 5.43 Å². The summed E-state index contributed by atoms with van der Waals surface area (Å²) in [7, 11) is 0. The van der Waals surface area contributed by atoms with Gasteiger partial charge in [0.1, 0.15) is 0 Å². The molecule has 1 aromatic rings. The Bertz CT molecular complexity index is 528. The first kappa shape index (κ1) is 16.7. The van der Waals surface area contributed by atoms with Crippen molar-refractivity contribution < 1.29 is 4.79 Å². The number of hydrogen-bond donors (Lipinski definition) is 1. The normalized spacial score (nSPS) is 18.9. The summed E-state index contributed by atoms with van der Waals surface area (Å²) in [6.45, 7) is 8.75. The molecule has 1 amide bonds. The van der Waals surface area contributed by atoms with Gasteiger partial charge in [0.05, 0.1) is 0 Å². The van der Waals surface area contributed by atoms with E-state index in [0.717, 1.165) is 24.5 Å². The number of rotatable bonds is 3. The molecule has 120 valence electrons. The number of carbonyl (C=O) groups is 1. The van der Waals surface area contributed by atoms with Crippen molar-refractivity contribution in [3.63, 3.8) is 0 Å². The minimum absolute atomic E-state index is 0.104. The Hall–Kier alpha value is -1.64. The minimum Gasteiger partial charge on any atom is -0.267 e. The summed E-state index contributed by atoms with van der Waals surface area (Å²) in [6, 6.07) is 7.80. The van der Waals surface area contributed by atoms with Gasteiger partial charge in [-0.1, -0.05) is 46.2 Å². The lowest BCUT2D eigenvalue weighted by molar-refractivity contribution is 0.0954. The maximum atomic E-state index is 12.2. The van der Waals surface area contributed by atoms with Crippen molar-refractivity contribution in [3.05, 3.63) is 35.4 Å². The second-order valence-electron chi connectivity index (χ2n) is 7.30. The first-order valence-electron chi connectivity index (χ1n) is 8.36. The molecule has 2 rings (SSSR count). The SMILES string of the molecule is CCC1CCC(=NNC(=O)c2ccc(C(C)(C)C)cc2)CC1. The number of carbonyl (C=O) groups excluding carboxylic acids is 1. The van der Waals surface area contributed by atoms with Crippen LogP contribution in [0.15, 0.2) is 29.4 Å². The molecule has 22 heavy (non-hydrogen) atoms. The second kappa shape index (κ2) is 7.08. The van der Waals surface area contributed by atoms with Crippen LogP contribution in [0.25, 0.3) is 0 Å². The Morgan fingerprint density at radius 3 is 2.27 bits per heavy atom. The summed E-state index contributed by atoms with van der Waals surface area (Å²) >= 11 is 0. The average molecular weight is 300 g/mol. The summed E-state index contributed by atoms with van der Waals surface area (Å²) in [6.07, 6.45) is 5.68. The van der Waals surface area contributed by atoms with Gasteiger partial charge in [-0.15, -0.1) is 0 Å². The molecule has 3 nitrogen and oxygen atoms in total. The Labute approximate surface area is 134 Å². The van der Waals surface area contributed by atoms with E-state index in [1.54, 1.807) is 0 Å². The average Bonchev–Trinajstić information content (AvgIpc) is 2.52. The molecule has 1 aliphatic rings. The zero-order valence-electron chi connectivity index (χ0n) is 14.3. The van der Waals surface area contributed by atoms with Gasteiger partial charge < -0.3 is 0 Å². The molecule has 0 radical (unpaired) electrons. The van der Waals surface area contributed by atoms with Crippen molar-refractivity contribution in [2.75, 3.05) is 0 Å². The van der Waals surface area contributed by atoms with Gasteiger partial charge in [-0.05, 0) is 54.7 Å². The van der Waals surface area contributed by atoms with E-state index in [4.69, 9.17) is 0 Å². The van der Waals surface area contributed by atoms with E-state index in [1.165, 1.54) is 24.8 Å². The molecule has 1 N–H and O–H groups in total. The van der Waals surface area contributed by atoms with Crippen molar-refractivity contribution in [3.8, 4) is 0 Å². The summed E-state index contributed by atoms with van der Waals surface area (Å²) in [5, 5.41) is 4.32. The van der Waals surface area contributed by atoms with E-state index in [2.05, 4.69) is 38.2 Å². The number of nitrogens with one attached hydrogen (secondary N) is 1. The highest BCUT2D eigenvalue weighted by atomic mass is 16.2. The van der Waals surface area contributed by atoms with Crippen LogP contribution in [0.3, 0.4) is 0 Å². The number of amides is 1. The topological polar surface area (TPSA) is 41.5 Å². The zero-order valence-corrected chi connectivity index (χ0v) is 14.3. The van der Waals surface area contributed by atoms with Crippen LogP contribution in [0.1, 0.15) is 75.7 Å². The van der Waals surface area contributed by atoms with Crippen LogP contribution >= 0.6 is 0 Å². The van der Waals surface area contributed by atoms with Crippen molar-refractivity contribution in [2.45, 2.75) is 65.2 Å². The second-order valence-corrected chi connectivity index (χ2v) is 7.30. The lowest BCUT2D eigenvalue weighted by atomic mass is 9.86. The van der Waals surface area contributed by atoms with Crippen LogP contribution in [0.4, 0.5) is 0 Å². The van der Waals surface area contributed by atoms with Crippen molar-refractivity contribution in [2.24, 2.45) is 11.0 Å². The van der Waals surface area contributed by atoms with Crippen LogP contribution in [-0.4, -0.2) is 11.6 Å². The third-order valence-electron chi connectivity index (χ3n) is 4.59. The van der Waals surface area contributed by atoms with Crippen LogP contribution in [-0.2, 0) is 5.41 Å². The molecular formula is C19H28N2O. The lowest BCUT2D eigenvalue weighted by Gasteiger charge is -2.21. The van der Waals surface area contributed by atoms with Gasteiger partial charge in [0.25, 0.3) is 5.91 Å². The van der Waals surface area contributed by atoms with Gasteiger partial charge in [-0.2, -0.15) is 5.10 Å². The molecule has 1 aromatic carbocycles. The maximum absolute atomic E-state index is 12.2. The fourth-order valence-electron chi connectivity index (χ4n) is 2.85. The zero-order chi connectivity index (χ0) is 16.2. The summed E-state index contributed by atoms with van der Waals surface area (Å²) in [5.41, 5.74) is 5.84. The monoisotopic (exact) mass is 300 g/mol. The van der Waals surface area contributed by atoms with Crippen LogP contribution < -0.4 is 5.43 Å². The highest BCUT2D eigenvalue weighted by molar-refractivity contribution is 5.95. The predicted octanol–water partition coefficient (Wildman–Crippen LogP) is 4.67. The highest BCUT2D eigenvalue weighted by Gasteiger charge is 2.17. The van der Waals surface area contributed by atoms with Crippen LogP contribution in [0, 0.1) is 5.92 Å². The fraction of sp³-hybridized carbons (Fsp3) is 0.579. The van der Waals surface area contributed by atoms with Crippen LogP contribution in [0.2, 0.25) is 0 Å². The van der Waals surface area contributed by atoms with E-state index >= 15 is 0 Å². The van der Waals surface area contributed by atoms with Gasteiger partial charge >= 0.3 is 0 Å². The minimum atomic E-state index is -0.120. The van der Waals surface area contributed by atoms with Gasteiger partial charge in [0.15, 0.2) is 0 Å². The Morgan fingerprint density at radius 1 is 1.18 bits per heavy atom. The number of benzene rings is 1. The largest absolute Gasteiger partial charge is 0.271 e. The predicted molar refractivity (Wildman–Crippen MR) is 92.3 cm³/mol. The molecule has 1 aliphatic carbocycles. The molecule has 0 aliphatic heterocycles. The molecule has 3 heteroatoms. The Morgan fingerprint density at radius 2 is 1.77 bits per heavy atom. The quantitative estimate of drug-likeness (QED) is 0.810. The van der Waals surface area contributed by atoms with Crippen LogP contribution in [0.5, 0.6) is 0 Å². The lowest BCUT2D eigenvalue weighted by Crippen LogP contribution is -2.22. The standard InChI is InChI=1S/C19H28N2O/c1-5-14-6-12-17(13-7-14)20-21-18(22)15-8-10-16(11-9-15)19(2,3)4/h8-11,14H,5-7,12-13H2,1-4H3,(H,21,22). The third kappa shape index (κ3) is 4.43. The van der Waals surface area contributed by atoms with Crippen molar-refractivity contribution in [1.29, 1.82) is 0 Å². The first-order valence-corrected chi connectivity index (χ1v) is 8.36. The fourth-order valence-corrected chi connectivity index (χ4v) is 2.85. The van der Waals surface area contributed by atoms with E-state index in [9.17, 15) is 4.79 Å². The highest BCUT2D eigenvalue weighted by Crippen LogP contribution is 2.24. The van der Waals surface area contributed by atoms with E-state index in [1.807, 2.05) is 24.3 Å². The Kier molecular flexibility index (Phi) is 5.38. The molecule has 0 saturated heterocycles. The van der Waals surface area contributed by atoms with Gasteiger partial charge in [0.2, 0.25) is 0 Å². The summed E-state index contributed by atoms with van der Waals surface area (Å²) in [4.78, 5) is 12.2. The molecule has 1 fully saturated rings. The maximum Gasteiger partial charge on any atom is 0.271 e. The molecule has 0 bridgehead atoms. The molecule has 0 aromatic heterocycles. The molecular weight excluding hydrogens is 272 g/mol. The third-order valence-corrected chi connectivity index (χ3v) is 4.59. The smallest absolute Gasteiger partial charge is 0.267 e. The van der Waals surface area contributed by atoms with E-state index in [-0.39, 0.29) is 11.3 Å². The van der Waals surface area contributed by atoms with Gasteiger partial charge in [-0.25, -0.2) is 5.43 Å². The first-order chi connectivity index (χ1) is 10.4. The van der Waals surface area contributed by atoms with Crippen molar-refractivity contribution >= 4 is 11.6 Å². The Balaban J connectivity index is 1.93. The molecule has 0 unspecified atom stereocenters. The molecule has 0 spiro atoms. The molecule has 0 atom stereocenters. The van der Waals surface area contributed by atoms with E-state index in [0.29, 0.717) is 5.56 Å². The number of hydrazone groups is 1. The number of hydrogen-bond acceptors (Lipinski definition) is 2. The summed E-state index contributed by atoms with van der Waals surface area (Å²) in [5.74, 6) is 0.713. The number of nitrogens with zero attached hydrogens (tertiary/aromatic N) is 1.